The van der Waals surface area contributed by atoms with Gasteiger partial charge >= 0.3 is 12.7 Å². The molecule has 12 heteroatoms. The van der Waals surface area contributed by atoms with Crippen molar-refractivity contribution in [1.29, 1.82) is 15.8 Å². The Morgan fingerprint density at radius 3 is 1.07 bits per heavy atom. The van der Waals surface area contributed by atoms with Crippen molar-refractivity contribution < 1.29 is 35.8 Å². The zero-order chi connectivity index (χ0) is 39.8. The van der Waals surface area contributed by atoms with Crippen LogP contribution in [0.4, 0.5) is 26.3 Å². The predicted molar refractivity (Wildman–Crippen MR) is 197 cm³/mol. The number of nitriles is 3. The number of halogens is 6. The van der Waals surface area contributed by atoms with Crippen molar-refractivity contribution in [2.45, 2.75) is 12.7 Å². The van der Waals surface area contributed by atoms with Gasteiger partial charge in [0.05, 0.1) is 34.9 Å². The Labute approximate surface area is 316 Å². The molecular formula is C44H24F6N4O2. The number of hydrogen-bond acceptors (Lipinski definition) is 6. The number of ether oxygens (including phenoxy) is 2. The van der Waals surface area contributed by atoms with E-state index in [0.29, 0.717) is 33.4 Å². The second kappa shape index (κ2) is 14.5. The van der Waals surface area contributed by atoms with E-state index in [1.807, 2.05) is 18.2 Å². The standard InChI is InChI=1S/C44H24F6N4O2/c45-43(46,47)55-40-19-38-36(17-34(40)31-13-9-29(10-14-31)27-5-1-25(21-51)2-6-27)37-18-35(32-15-11-30(12-16-32)28-7-3-26(22-52)4-8-28)41(56-44(48,49)50)20-39(37)42(38)33(23-53)24-54/h1-20H,23,53H2. The van der Waals surface area contributed by atoms with E-state index in [1.165, 1.54) is 12.1 Å². The highest BCUT2D eigenvalue weighted by Gasteiger charge is 2.37. The SMILES string of the molecule is N#CC(CN)=C1c2cc(OC(F)(F)F)c(-c3ccc(-c4ccc(C#N)cc4)cc3)cc2-c2cc(-c3ccc(-c4ccc(C#N)cc4)cc3)c(OC(F)(F)F)cc21. The highest BCUT2D eigenvalue weighted by molar-refractivity contribution is 6.06. The average Bonchev–Trinajstić information content (AvgIpc) is 3.48. The summed E-state index contributed by atoms with van der Waals surface area (Å²) in [5.74, 6) is -1.21. The molecule has 1 aliphatic rings. The number of benzene rings is 6. The van der Waals surface area contributed by atoms with E-state index >= 15 is 0 Å². The summed E-state index contributed by atoms with van der Waals surface area (Å²) in [5, 5.41) is 28.4. The van der Waals surface area contributed by atoms with Crippen LogP contribution in [0.5, 0.6) is 11.5 Å². The van der Waals surface area contributed by atoms with Crippen molar-refractivity contribution in [3.8, 4) is 85.3 Å². The van der Waals surface area contributed by atoms with Gasteiger partial charge in [0.25, 0.3) is 0 Å². The van der Waals surface area contributed by atoms with Gasteiger partial charge in [-0.25, -0.2) is 0 Å². The van der Waals surface area contributed by atoms with Gasteiger partial charge in [0.2, 0.25) is 0 Å². The number of nitrogens with zero attached hydrogens (tertiary/aromatic N) is 3. The molecule has 0 atom stereocenters. The monoisotopic (exact) mass is 754 g/mol. The van der Waals surface area contributed by atoms with Crippen molar-refractivity contribution in [1.82, 2.24) is 0 Å². The normalized spacial score (nSPS) is 11.8. The van der Waals surface area contributed by atoms with Crippen LogP contribution < -0.4 is 15.2 Å². The molecule has 0 fully saturated rings. The van der Waals surface area contributed by atoms with Gasteiger partial charge < -0.3 is 15.2 Å². The Kier molecular flexibility index (Phi) is 9.57. The molecule has 0 heterocycles. The fraction of sp³-hybridized carbons (Fsp3) is 0.0682. The Hall–Kier alpha value is -7.33. The minimum atomic E-state index is -5.13. The lowest BCUT2D eigenvalue weighted by Gasteiger charge is -2.17. The molecular weight excluding hydrogens is 730 g/mol. The second-order valence-electron chi connectivity index (χ2n) is 12.6. The molecule has 1 aliphatic carbocycles. The van der Waals surface area contributed by atoms with E-state index in [4.69, 9.17) is 16.3 Å². The van der Waals surface area contributed by atoms with E-state index in [9.17, 15) is 31.6 Å². The van der Waals surface area contributed by atoms with Gasteiger partial charge in [-0.05, 0) is 104 Å². The van der Waals surface area contributed by atoms with Crippen LogP contribution in [-0.2, 0) is 0 Å². The first kappa shape index (κ1) is 37.0. The van der Waals surface area contributed by atoms with Crippen molar-refractivity contribution in [2.24, 2.45) is 5.73 Å². The molecule has 7 rings (SSSR count). The molecule has 0 saturated heterocycles. The lowest BCUT2D eigenvalue weighted by atomic mass is 9.93. The maximum Gasteiger partial charge on any atom is 0.573 e. The first-order valence-electron chi connectivity index (χ1n) is 16.7. The fourth-order valence-corrected chi connectivity index (χ4v) is 6.72. The highest BCUT2D eigenvalue weighted by atomic mass is 19.4. The number of rotatable bonds is 7. The molecule has 2 N–H and O–H groups in total. The van der Waals surface area contributed by atoms with E-state index in [0.717, 1.165) is 34.4 Å². The third-order valence-corrected chi connectivity index (χ3v) is 9.25. The van der Waals surface area contributed by atoms with Crippen molar-refractivity contribution in [3.05, 3.63) is 149 Å². The molecule has 0 saturated carbocycles. The van der Waals surface area contributed by atoms with Crippen molar-refractivity contribution >= 4 is 5.57 Å². The van der Waals surface area contributed by atoms with Gasteiger partial charge in [-0.1, -0.05) is 72.8 Å². The molecule has 0 unspecified atom stereocenters. The third-order valence-electron chi connectivity index (χ3n) is 9.25. The van der Waals surface area contributed by atoms with Crippen LogP contribution in [0.25, 0.3) is 61.2 Å². The number of hydrogen-bond donors (Lipinski definition) is 1. The Bertz CT molecular complexity index is 2470. The van der Waals surface area contributed by atoms with Crippen LogP contribution in [-0.4, -0.2) is 19.3 Å². The van der Waals surface area contributed by atoms with Gasteiger partial charge in [-0.2, -0.15) is 15.8 Å². The molecule has 0 spiro atoms. The van der Waals surface area contributed by atoms with Crippen molar-refractivity contribution in [2.75, 3.05) is 6.54 Å². The van der Waals surface area contributed by atoms with E-state index in [2.05, 4.69) is 9.47 Å². The zero-order valence-electron chi connectivity index (χ0n) is 28.8. The van der Waals surface area contributed by atoms with Crippen LogP contribution in [0, 0.1) is 34.0 Å². The first-order chi connectivity index (χ1) is 26.8. The molecule has 0 bridgehead atoms. The Morgan fingerprint density at radius 2 is 0.786 bits per heavy atom. The number of alkyl halides is 6. The summed E-state index contributed by atoms with van der Waals surface area (Å²) in [6.07, 6.45) is -10.3. The molecule has 0 aromatic heterocycles. The summed E-state index contributed by atoms with van der Waals surface area (Å²) in [4.78, 5) is 0. The predicted octanol–water partition coefficient (Wildman–Crippen LogP) is 11.2. The highest BCUT2D eigenvalue weighted by Crippen LogP contribution is 2.53. The van der Waals surface area contributed by atoms with Gasteiger partial charge in [0.1, 0.15) is 11.5 Å². The minimum Gasteiger partial charge on any atom is -0.405 e. The molecule has 0 aliphatic heterocycles. The van der Waals surface area contributed by atoms with E-state index in [1.54, 1.807) is 97.1 Å². The zero-order valence-corrected chi connectivity index (χ0v) is 28.8. The van der Waals surface area contributed by atoms with E-state index < -0.39 is 24.2 Å². The van der Waals surface area contributed by atoms with Gasteiger partial charge in [-0.15, -0.1) is 26.3 Å². The summed E-state index contributed by atoms with van der Waals surface area (Å²) < 4.78 is 92.7. The molecule has 6 nitrogen and oxygen atoms in total. The maximum absolute atomic E-state index is 13.9. The van der Waals surface area contributed by atoms with Crippen LogP contribution in [0.3, 0.4) is 0 Å². The summed E-state index contributed by atoms with van der Waals surface area (Å²) in [6.45, 7) is -0.368. The minimum absolute atomic E-state index is 0.0230. The fourth-order valence-electron chi connectivity index (χ4n) is 6.72. The van der Waals surface area contributed by atoms with Crippen LogP contribution in [0.2, 0.25) is 0 Å². The summed E-state index contributed by atoms with van der Waals surface area (Å²) in [7, 11) is 0. The summed E-state index contributed by atoms with van der Waals surface area (Å²) in [5.41, 5.74) is 11.3. The van der Waals surface area contributed by atoms with E-state index in [-0.39, 0.29) is 39.9 Å². The molecule has 0 radical (unpaired) electrons. The molecule has 0 amide bonds. The Balaban J connectivity index is 1.42. The van der Waals surface area contributed by atoms with Gasteiger partial charge in [0, 0.05) is 23.2 Å². The molecule has 6 aromatic rings. The van der Waals surface area contributed by atoms with Crippen LogP contribution in [0.15, 0.2) is 127 Å². The molecule has 6 aromatic carbocycles. The topological polar surface area (TPSA) is 116 Å². The van der Waals surface area contributed by atoms with Crippen molar-refractivity contribution in [3.63, 3.8) is 0 Å². The maximum atomic E-state index is 13.9. The lowest BCUT2D eigenvalue weighted by Crippen LogP contribution is -2.18. The van der Waals surface area contributed by atoms with Gasteiger partial charge in [0.15, 0.2) is 0 Å². The smallest absolute Gasteiger partial charge is 0.405 e. The summed E-state index contributed by atoms with van der Waals surface area (Å²) >= 11 is 0. The van der Waals surface area contributed by atoms with Crippen LogP contribution >= 0.6 is 0 Å². The van der Waals surface area contributed by atoms with Gasteiger partial charge in [-0.3, -0.25) is 0 Å². The molecule has 56 heavy (non-hydrogen) atoms. The Morgan fingerprint density at radius 1 is 0.464 bits per heavy atom. The average molecular weight is 755 g/mol. The quantitative estimate of drug-likeness (QED) is 0.128. The number of fused-ring (bicyclic) bond motifs is 3. The second-order valence-corrected chi connectivity index (χ2v) is 12.6. The first-order valence-corrected chi connectivity index (χ1v) is 16.7. The number of nitrogens with two attached hydrogens (primary N) is 1. The summed E-state index contributed by atoms with van der Waals surface area (Å²) in [6, 6.07) is 37.9. The van der Waals surface area contributed by atoms with Crippen LogP contribution in [0.1, 0.15) is 22.3 Å². The molecule has 274 valence electrons. The third kappa shape index (κ3) is 7.40. The lowest BCUT2D eigenvalue weighted by molar-refractivity contribution is -0.275. The largest absolute Gasteiger partial charge is 0.573 e.